The fourth-order valence-electron chi connectivity index (χ4n) is 2.86. The lowest BCUT2D eigenvalue weighted by atomic mass is 10.1. The molecule has 0 atom stereocenters. The van der Waals surface area contributed by atoms with Crippen LogP contribution in [0.5, 0.6) is 5.75 Å². The molecule has 0 unspecified atom stereocenters. The van der Waals surface area contributed by atoms with E-state index in [4.69, 9.17) is 4.74 Å². The summed E-state index contributed by atoms with van der Waals surface area (Å²) in [6.45, 7) is 7.37. The van der Waals surface area contributed by atoms with Crippen molar-refractivity contribution in [1.82, 2.24) is 4.72 Å². The molecule has 0 aliphatic carbocycles. The van der Waals surface area contributed by atoms with E-state index in [0.29, 0.717) is 0 Å². The lowest BCUT2D eigenvalue weighted by molar-refractivity contribution is 0.102. The van der Waals surface area contributed by atoms with Crippen molar-refractivity contribution in [3.63, 3.8) is 0 Å². The predicted molar refractivity (Wildman–Crippen MR) is 115 cm³/mol. The molecule has 2 rings (SSSR count). The number of amides is 1. The molecule has 8 heteroatoms. The third-order valence-electron chi connectivity index (χ3n) is 4.11. The van der Waals surface area contributed by atoms with Crippen molar-refractivity contribution < 1.29 is 17.9 Å². The number of carbonyl (C=O) groups is 1. The van der Waals surface area contributed by atoms with E-state index < -0.39 is 10.0 Å². The lowest BCUT2D eigenvalue weighted by Crippen LogP contribution is -2.30. The van der Waals surface area contributed by atoms with Crippen LogP contribution in [-0.4, -0.2) is 27.5 Å². The number of rotatable bonds is 7. The largest absolute Gasteiger partial charge is 0.495 e. The number of carbonyl (C=O) groups excluding carboxylic acids is 1. The summed E-state index contributed by atoms with van der Waals surface area (Å²) in [5, 5.41) is 2.91. The second-order valence-corrected chi connectivity index (χ2v) is 9.30. The second-order valence-electron chi connectivity index (χ2n) is 6.71. The summed E-state index contributed by atoms with van der Waals surface area (Å²) in [6, 6.07) is 7.95. The molecule has 0 spiro atoms. The number of methoxy groups -OCH3 is 1. The molecular weight excluding hydrogens is 444 g/mol. The summed E-state index contributed by atoms with van der Waals surface area (Å²) in [5.41, 5.74) is 2.87. The Balaban J connectivity index is 2.44. The first-order chi connectivity index (χ1) is 13.1. The molecule has 0 aliphatic heterocycles. The summed E-state index contributed by atoms with van der Waals surface area (Å²) in [6.07, 6.45) is 0.746. The van der Waals surface area contributed by atoms with Gasteiger partial charge in [-0.3, -0.25) is 4.79 Å². The van der Waals surface area contributed by atoms with Crippen LogP contribution in [0.15, 0.2) is 39.7 Å². The van der Waals surface area contributed by atoms with E-state index in [-0.39, 0.29) is 28.2 Å². The number of anilines is 1. The Morgan fingerprint density at radius 1 is 1.21 bits per heavy atom. The number of nitrogens with one attached hydrogen (secondary N) is 2. The fourth-order valence-corrected chi connectivity index (χ4v) is 4.92. The van der Waals surface area contributed by atoms with Gasteiger partial charge in [0, 0.05) is 21.8 Å². The normalized spacial score (nSPS) is 11.5. The number of ether oxygens (including phenoxy) is 1. The highest BCUT2D eigenvalue weighted by molar-refractivity contribution is 9.10. The number of benzene rings is 2. The molecule has 152 valence electrons. The molecule has 6 nitrogen and oxygen atoms in total. The minimum Gasteiger partial charge on any atom is -0.495 e. The average molecular weight is 469 g/mol. The molecule has 2 aromatic rings. The molecule has 28 heavy (non-hydrogen) atoms. The molecule has 0 saturated heterocycles. The Morgan fingerprint density at radius 2 is 1.89 bits per heavy atom. The van der Waals surface area contributed by atoms with Crippen LogP contribution in [0.1, 0.15) is 42.3 Å². The molecule has 0 heterocycles. The topological polar surface area (TPSA) is 84.5 Å². The number of halogens is 1. The first kappa shape index (κ1) is 22.4. The van der Waals surface area contributed by atoms with Gasteiger partial charge in [-0.2, -0.15) is 0 Å². The molecule has 0 bridgehead atoms. The molecule has 0 radical (unpaired) electrons. The maximum absolute atomic E-state index is 12.8. The zero-order valence-corrected chi connectivity index (χ0v) is 19.0. The first-order valence-corrected chi connectivity index (χ1v) is 11.2. The standard InChI is InChI=1S/C20H25BrN2O4S/c1-6-14-10-16(21)9-13(4)19(14)22-20(24)15-7-8-17(27-5)18(11-15)28(25,26)23-12(2)3/h7-12,23H,6H2,1-5H3,(H,22,24). The van der Waals surface area contributed by atoms with Crippen LogP contribution < -0.4 is 14.8 Å². The zero-order chi connectivity index (χ0) is 21.1. The molecular formula is C20H25BrN2O4S. The maximum Gasteiger partial charge on any atom is 0.255 e. The molecule has 0 aliphatic rings. The van der Waals surface area contributed by atoms with Gasteiger partial charge in [-0.25, -0.2) is 13.1 Å². The van der Waals surface area contributed by atoms with Crippen LogP contribution in [0.2, 0.25) is 0 Å². The summed E-state index contributed by atoms with van der Waals surface area (Å²) in [5.74, 6) is -0.206. The van der Waals surface area contributed by atoms with Crippen LogP contribution in [0, 0.1) is 6.92 Å². The zero-order valence-electron chi connectivity index (χ0n) is 16.6. The molecule has 0 saturated carbocycles. The number of aryl methyl sites for hydroxylation is 2. The molecule has 2 aromatic carbocycles. The van der Waals surface area contributed by atoms with Gasteiger partial charge < -0.3 is 10.1 Å². The predicted octanol–water partition coefficient (Wildman–Crippen LogP) is 4.27. The monoisotopic (exact) mass is 468 g/mol. The molecule has 2 N–H and O–H groups in total. The van der Waals surface area contributed by atoms with Crippen molar-refractivity contribution in [2.75, 3.05) is 12.4 Å². The smallest absolute Gasteiger partial charge is 0.255 e. The van der Waals surface area contributed by atoms with E-state index in [1.807, 2.05) is 26.0 Å². The van der Waals surface area contributed by atoms with Gasteiger partial charge in [-0.1, -0.05) is 22.9 Å². The SMILES string of the molecule is CCc1cc(Br)cc(C)c1NC(=O)c1ccc(OC)c(S(=O)(=O)NC(C)C)c1. The van der Waals surface area contributed by atoms with Crippen molar-refractivity contribution in [2.24, 2.45) is 0 Å². The Kier molecular flexibility index (Phi) is 7.25. The number of hydrogen-bond acceptors (Lipinski definition) is 4. The van der Waals surface area contributed by atoms with Gasteiger partial charge in [0.1, 0.15) is 10.6 Å². The molecule has 0 fully saturated rings. The molecule has 1 amide bonds. The summed E-state index contributed by atoms with van der Waals surface area (Å²) < 4.78 is 33.9. The fraction of sp³-hybridized carbons (Fsp3) is 0.350. The summed E-state index contributed by atoms with van der Waals surface area (Å²) in [7, 11) is -2.43. The maximum atomic E-state index is 12.8. The van der Waals surface area contributed by atoms with Crippen molar-refractivity contribution >= 4 is 37.5 Å². The Hall–Kier alpha value is -1.90. The van der Waals surface area contributed by atoms with Gasteiger partial charge in [0.15, 0.2) is 0 Å². The van der Waals surface area contributed by atoms with E-state index in [9.17, 15) is 13.2 Å². The van der Waals surface area contributed by atoms with E-state index in [0.717, 1.165) is 27.7 Å². The minimum atomic E-state index is -3.82. The van der Waals surface area contributed by atoms with E-state index in [2.05, 4.69) is 26.0 Å². The van der Waals surface area contributed by atoms with Gasteiger partial charge >= 0.3 is 0 Å². The highest BCUT2D eigenvalue weighted by Gasteiger charge is 2.23. The van der Waals surface area contributed by atoms with Crippen LogP contribution in [-0.2, 0) is 16.4 Å². The Bertz CT molecular complexity index is 988. The van der Waals surface area contributed by atoms with Gasteiger partial charge in [0.05, 0.1) is 7.11 Å². The Morgan fingerprint density at radius 3 is 2.46 bits per heavy atom. The summed E-state index contributed by atoms with van der Waals surface area (Å²) in [4.78, 5) is 12.8. The van der Waals surface area contributed by atoms with Crippen molar-refractivity contribution in [2.45, 2.75) is 45.1 Å². The second kappa shape index (κ2) is 9.07. The molecule has 0 aromatic heterocycles. The van der Waals surface area contributed by atoms with E-state index in [1.165, 1.54) is 19.2 Å². The average Bonchev–Trinajstić information content (AvgIpc) is 2.61. The quantitative estimate of drug-likeness (QED) is 0.635. The summed E-state index contributed by atoms with van der Waals surface area (Å²) >= 11 is 3.47. The van der Waals surface area contributed by atoms with Gasteiger partial charge in [0.25, 0.3) is 5.91 Å². The van der Waals surface area contributed by atoms with E-state index >= 15 is 0 Å². The van der Waals surface area contributed by atoms with Gasteiger partial charge in [-0.15, -0.1) is 0 Å². The van der Waals surface area contributed by atoms with Crippen LogP contribution >= 0.6 is 15.9 Å². The van der Waals surface area contributed by atoms with Crippen LogP contribution in [0.4, 0.5) is 5.69 Å². The van der Waals surface area contributed by atoms with Crippen molar-refractivity contribution in [3.05, 3.63) is 51.5 Å². The van der Waals surface area contributed by atoms with Gasteiger partial charge in [-0.05, 0) is 68.7 Å². The highest BCUT2D eigenvalue weighted by Crippen LogP contribution is 2.29. The van der Waals surface area contributed by atoms with Crippen LogP contribution in [0.25, 0.3) is 0 Å². The van der Waals surface area contributed by atoms with Crippen molar-refractivity contribution in [1.29, 1.82) is 0 Å². The minimum absolute atomic E-state index is 0.0698. The third-order valence-corrected chi connectivity index (χ3v) is 6.25. The highest BCUT2D eigenvalue weighted by atomic mass is 79.9. The number of hydrogen-bond donors (Lipinski definition) is 2. The lowest BCUT2D eigenvalue weighted by Gasteiger charge is -2.16. The van der Waals surface area contributed by atoms with Crippen LogP contribution in [0.3, 0.4) is 0 Å². The number of sulfonamides is 1. The van der Waals surface area contributed by atoms with Crippen molar-refractivity contribution in [3.8, 4) is 5.75 Å². The third kappa shape index (κ3) is 5.12. The Labute approximate surface area is 174 Å². The van der Waals surface area contributed by atoms with Gasteiger partial charge in [0.2, 0.25) is 10.0 Å². The van der Waals surface area contributed by atoms with E-state index in [1.54, 1.807) is 19.9 Å². The first-order valence-electron chi connectivity index (χ1n) is 8.89.